The molecule has 0 aromatic heterocycles. The standard InChI is InChI=1S/C26H37N3O4/c1-26(2,3)33-25(32)28-15-11-20(12-16-28)23(30)27-13-9-21(10-14-27)24(31)29-17-8-19-6-4-5-7-22(19)18-29/h4-7,20-21H,8-18H2,1-3H3. The van der Waals surface area contributed by atoms with Gasteiger partial charge in [0.2, 0.25) is 11.8 Å². The largest absolute Gasteiger partial charge is 0.444 e. The molecule has 0 bridgehead atoms. The van der Waals surface area contributed by atoms with Gasteiger partial charge < -0.3 is 19.4 Å². The Morgan fingerprint density at radius 3 is 1.85 bits per heavy atom. The van der Waals surface area contributed by atoms with Crippen molar-refractivity contribution >= 4 is 17.9 Å². The Kier molecular flexibility index (Phi) is 6.96. The van der Waals surface area contributed by atoms with E-state index in [0.29, 0.717) is 45.6 Å². The smallest absolute Gasteiger partial charge is 0.410 e. The summed E-state index contributed by atoms with van der Waals surface area (Å²) in [5.74, 6) is 0.377. The molecule has 3 aliphatic heterocycles. The lowest BCUT2D eigenvalue weighted by molar-refractivity contribution is -0.143. The summed E-state index contributed by atoms with van der Waals surface area (Å²) in [4.78, 5) is 44.1. The molecule has 4 rings (SSSR count). The molecule has 1 aromatic rings. The Bertz CT molecular complexity index is 878. The van der Waals surface area contributed by atoms with Gasteiger partial charge in [-0.15, -0.1) is 0 Å². The molecule has 2 fully saturated rings. The van der Waals surface area contributed by atoms with Gasteiger partial charge in [-0.2, -0.15) is 0 Å². The van der Waals surface area contributed by atoms with Crippen LogP contribution in [0.25, 0.3) is 0 Å². The number of carbonyl (C=O) groups excluding carboxylic acids is 3. The van der Waals surface area contributed by atoms with Gasteiger partial charge >= 0.3 is 6.09 Å². The van der Waals surface area contributed by atoms with Gasteiger partial charge in [-0.25, -0.2) is 4.79 Å². The normalized spacial score (nSPS) is 20.4. The zero-order chi connectivity index (χ0) is 23.6. The van der Waals surface area contributed by atoms with Crippen molar-refractivity contribution in [2.75, 3.05) is 32.7 Å². The molecule has 2 saturated heterocycles. The van der Waals surface area contributed by atoms with E-state index in [2.05, 4.69) is 18.2 Å². The van der Waals surface area contributed by atoms with E-state index in [-0.39, 0.29) is 29.7 Å². The number of amides is 3. The second kappa shape index (κ2) is 9.74. The number of rotatable bonds is 2. The first-order valence-corrected chi connectivity index (χ1v) is 12.3. The Hall–Kier alpha value is -2.57. The lowest BCUT2D eigenvalue weighted by Crippen LogP contribution is -2.49. The van der Waals surface area contributed by atoms with Crippen molar-refractivity contribution in [1.29, 1.82) is 0 Å². The molecule has 3 amide bonds. The summed E-state index contributed by atoms with van der Waals surface area (Å²) in [6.45, 7) is 9.46. The minimum absolute atomic E-state index is 0.00771. The van der Waals surface area contributed by atoms with Crippen LogP contribution < -0.4 is 0 Å². The molecular formula is C26H37N3O4. The van der Waals surface area contributed by atoms with E-state index >= 15 is 0 Å². The number of nitrogens with zero attached hydrogens (tertiary/aromatic N) is 3. The first kappa shape index (κ1) is 23.6. The predicted octanol–water partition coefficient (Wildman–Crippen LogP) is 3.46. The van der Waals surface area contributed by atoms with Crippen molar-refractivity contribution in [2.45, 2.75) is 65.0 Å². The van der Waals surface area contributed by atoms with E-state index in [0.717, 1.165) is 25.8 Å². The van der Waals surface area contributed by atoms with Gasteiger partial charge in [0, 0.05) is 51.1 Å². The molecule has 0 atom stereocenters. The summed E-state index contributed by atoms with van der Waals surface area (Å²) in [6.07, 6.45) is 3.43. The summed E-state index contributed by atoms with van der Waals surface area (Å²) in [5.41, 5.74) is 2.09. The van der Waals surface area contributed by atoms with Crippen molar-refractivity contribution in [3.63, 3.8) is 0 Å². The molecule has 33 heavy (non-hydrogen) atoms. The number of likely N-dealkylation sites (tertiary alicyclic amines) is 2. The second-order valence-electron chi connectivity index (χ2n) is 10.6. The summed E-state index contributed by atoms with van der Waals surface area (Å²) < 4.78 is 5.45. The minimum atomic E-state index is -0.511. The van der Waals surface area contributed by atoms with Gasteiger partial charge in [0.25, 0.3) is 0 Å². The van der Waals surface area contributed by atoms with Crippen molar-refractivity contribution in [3.05, 3.63) is 35.4 Å². The average Bonchev–Trinajstić information content (AvgIpc) is 2.82. The summed E-state index contributed by atoms with van der Waals surface area (Å²) >= 11 is 0. The maximum atomic E-state index is 13.1. The molecule has 7 heteroatoms. The van der Waals surface area contributed by atoms with E-state index in [1.165, 1.54) is 11.1 Å². The summed E-state index contributed by atoms with van der Waals surface area (Å²) in [7, 11) is 0. The van der Waals surface area contributed by atoms with Gasteiger partial charge in [-0.3, -0.25) is 9.59 Å². The number of hydrogen-bond acceptors (Lipinski definition) is 4. The molecule has 0 unspecified atom stereocenters. The number of benzene rings is 1. The Morgan fingerprint density at radius 2 is 1.27 bits per heavy atom. The Balaban J connectivity index is 1.23. The van der Waals surface area contributed by atoms with Gasteiger partial charge in [-0.1, -0.05) is 24.3 Å². The maximum Gasteiger partial charge on any atom is 0.410 e. The van der Waals surface area contributed by atoms with Crippen molar-refractivity contribution < 1.29 is 19.1 Å². The molecule has 180 valence electrons. The van der Waals surface area contributed by atoms with Gasteiger partial charge in [0.1, 0.15) is 5.60 Å². The molecule has 1 aromatic carbocycles. The highest BCUT2D eigenvalue weighted by molar-refractivity contribution is 5.81. The summed E-state index contributed by atoms with van der Waals surface area (Å²) in [5, 5.41) is 0. The van der Waals surface area contributed by atoms with Crippen LogP contribution in [-0.2, 0) is 27.3 Å². The van der Waals surface area contributed by atoms with Gasteiger partial charge in [0.05, 0.1) is 0 Å². The molecule has 3 heterocycles. The zero-order valence-electron chi connectivity index (χ0n) is 20.2. The molecule has 0 aliphatic carbocycles. The van der Waals surface area contributed by atoms with Crippen LogP contribution in [0.5, 0.6) is 0 Å². The first-order chi connectivity index (χ1) is 15.7. The summed E-state index contributed by atoms with van der Waals surface area (Å²) in [6, 6.07) is 8.36. The average molecular weight is 456 g/mol. The van der Waals surface area contributed by atoms with E-state index in [4.69, 9.17) is 4.74 Å². The van der Waals surface area contributed by atoms with Crippen LogP contribution in [0.1, 0.15) is 57.6 Å². The van der Waals surface area contributed by atoms with Crippen LogP contribution >= 0.6 is 0 Å². The van der Waals surface area contributed by atoms with E-state index in [9.17, 15) is 14.4 Å². The molecular weight excluding hydrogens is 418 g/mol. The molecule has 0 saturated carbocycles. The third-order valence-corrected chi connectivity index (χ3v) is 7.09. The molecule has 0 N–H and O–H groups in total. The van der Waals surface area contributed by atoms with Crippen molar-refractivity contribution in [2.24, 2.45) is 11.8 Å². The molecule has 3 aliphatic rings. The van der Waals surface area contributed by atoms with E-state index < -0.39 is 5.60 Å². The van der Waals surface area contributed by atoms with Crippen LogP contribution in [0.2, 0.25) is 0 Å². The lowest BCUT2D eigenvalue weighted by Gasteiger charge is -2.38. The molecule has 0 radical (unpaired) electrons. The third-order valence-electron chi connectivity index (χ3n) is 7.09. The Labute approximate surface area is 197 Å². The number of ether oxygens (including phenoxy) is 1. The topological polar surface area (TPSA) is 70.2 Å². The fraction of sp³-hybridized carbons (Fsp3) is 0.654. The fourth-order valence-corrected chi connectivity index (χ4v) is 5.18. The van der Waals surface area contributed by atoms with Gasteiger partial charge in [0.15, 0.2) is 0 Å². The molecule has 7 nitrogen and oxygen atoms in total. The molecule has 0 spiro atoms. The first-order valence-electron chi connectivity index (χ1n) is 12.3. The SMILES string of the molecule is CC(C)(C)OC(=O)N1CCC(C(=O)N2CCC(C(=O)N3CCc4ccccc4C3)CC2)CC1. The van der Waals surface area contributed by atoms with Crippen molar-refractivity contribution in [3.8, 4) is 0 Å². The number of piperidine rings is 2. The highest BCUT2D eigenvalue weighted by Gasteiger charge is 2.35. The Morgan fingerprint density at radius 1 is 0.758 bits per heavy atom. The van der Waals surface area contributed by atoms with Crippen LogP contribution in [0, 0.1) is 11.8 Å². The van der Waals surface area contributed by atoms with Crippen LogP contribution in [0.3, 0.4) is 0 Å². The van der Waals surface area contributed by atoms with Crippen molar-refractivity contribution in [1.82, 2.24) is 14.7 Å². The lowest BCUT2D eigenvalue weighted by atomic mass is 9.90. The minimum Gasteiger partial charge on any atom is -0.444 e. The zero-order valence-corrected chi connectivity index (χ0v) is 20.2. The van der Waals surface area contributed by atoms with Gasteiger partial charge in [-0.05, 0) is 64.0 Å². The third kappa shape index (κ3) is 5.68. The maximum absolute atomic E-state index is 13.1. The highest BCUT2D eigenvalue weighted by atomic mass is 16.6. The fourth-order valence-electron chi connectivity index (χ4n) is 5.18. The number of fused-ring (bicyclic) bond motifs is 1. The quantitative estimate of drug-likeness (QED) is 0.685. The second-order valence-corrected chi connectivity index (χ2v) is 10.6. The van der Waals surface area contributed by atoms with Crippen LogP contribution in [0.15, 0.2) is 24.3 Å². The monoisotopic (exact) mass is 455 g/mol. The number of hydrogen-bond donors (Lipinski definition) is 0. The highest BCUT2D eigenvalue weighted by Crippen LogP contribution is 2.27. The van der Waals surface area contributed by atoms with E-state index in [1.54, 1.807) is 4.90 Å². The van der Waals surface area contributed by atoms with E-state index in [1.807, 2.05) is 36.6 Å². The predicted molar refractivity (Wildman–Crippen MR) is 125 cm³/mol. The number of carbonyl (C=O) groups is 3. The van der Waals surface area contributed by atoms with Crippen LogP contribution in [-0.4, -0.2) is 70.9 Å². The van der Waals surface area contributed by atoms with Crippen LogP contribution in [0.4, 0.5) is 4.79 Å².